The molecule has 0 saturated carbocycles. The van der Waals surface area contributed by atoms with Crippen molar-refractivity contribution in [3.05, 3.63) is 23.8 Å². The van der Waals surface area contributed by atoms with Crippen LogP contribution in [0, 0.1) is 0 Å². The van der Waals surface area contributed by atoms with Gasteiger partial charge in [0.2, 0.25) is 0 Å². The molecule has 1 aromatic rings. The van der Waals surface area contributed by atoms with Crippen LogP contribution in [0.3, 0.4) is 0 Å². The number of alkyl halides is 3. The van der Waals surface area contributed by atoms with Crippen LogP contribution in [-0.4, -0.2) is 0 Å². The lowest BCUT2D eigenvalue weighted by atomic mass is 10.2. The largest absolute Gasteiger partial charge is 0.418 e. The fraction of sp³-hybridized carbons (Fsp3) is 0.143. The van der Waals surface area contributed by atoms with Gasteiger partial charge in [0.25, 0.3) is 0 Å². The number of anilines is 1. The van der Waals surface area contributed by atoms with Crippen LogP contribution < -0.4 is 5.73 Å². The molecule has 0 aliphatic rings. The number of benzene rings is 1. The molecule has 5 heteroatoms. The lowest BCUT2D eigenvalue weighted by Gasteiger charge is -2.09. The van der Waals surface area contributed by atoms with E-state index >= 15 is 0 Å². The topological polar surface area (TPSA) is 26.0 Å². The summed E-state index contributed by atoms with van der Waals surface area (Å²) in [6, 6.07) is 3.34. The molecule has 66 valence electrons. The first-order valence-electron chi connectivity index (χ1n) is 3.07. The second kappa shape index (κ2) is 2.90. The predicted molar refractivity (Wildman–Crippen MR) is 43.1 cm³/mol. The molecule has 1 nitrogen and oxygen atoms in total. The summed E-state index contributed by atoms with van der Waals surface area (Å²) < 4.78 is 36.2. The molecule has 0 heterocycles. The zero-order chi connectivity index (χ0) is 9.35. The Balaban J connectivity index is 3.19. The zero-order valence-electron chi connectivity index (χ0n) is 5.89. The molecule has 0 unspecified atom stereocenters. The molecule has 0 atom stereocenters. The Hall–Kier alpha value is -0.840. The van der Waals surface area contributed by atoms with Gasteiger partial charge in [0.05, 0.1) is 5.56 Å². The fourth-order valence-electron chi connectivity index (χ4n) is 0.808. The van der Waals surface area contributed by atoms with Crippen LogP contribution in [0.15, 0.2) is 23.1 Å². The second-order valence-electron chi connectivity index (χ2n) is 2.27. The average molecular weight is 193 g/mol. The molecule has 1 rings (SSSR count). The summed E-state index contributed by atoms with van der Waals surface area (Å²) in [7, 11) is 0. The highest BCUT2D eigenvalue weighted by molar-refractivity contribution is 7.80. The van der Waals surface area contributed by atoms with Gasteiger partial charge in [-0.15, -0.1) is 12.6 Å². The minimum Gasteiger partial charge on any atom is -0.398 e. The maximum atomic E-state index is 12.1. The van der Waals surface area contributed by atoms with Crippen molar-refractivity contribution in [2.75, 3.05) is 5.73 Å². The van der Waals surface area contributed by atoms with Crippen molar-refractivity contribution in [2.45, 2.75) is 11.1 Å². The Morgan fingerprint density at radius 1 is 1.25 bits per heavy atom. The maximum Gasteiger partial charge on any atom is 0.418 e. The summed E-state index contributed by atoms with van der Waals surface area (Å²) in [6.07, 6.45) is -4.38. The summed E-state index contributed by atoms with van der Waals surface area (Å²) in [5.74, 6) is 0. The fourth-order valence-corrected chi connectivity index (χ4v) is 1.02. The second-order valence-corrected chi connectivity index (χ2v) is 2.79. The van der Waals surface area contributed by atoms with Crippen molar-refractivity contribution in [1.29, 1.82) is 0 Å². The van der Waals surface area contributed by atoms with Gasteiger partial charge in [-0.25, -0.2) is 0 Å². The molecule has 0 radical (unpaired) electrons. The lowest BCUT2D eigenvalue weighted by Crippen LogP contribution is -2.08. The van der Waals surface area contributed by atoms with Gasteiger partial charge in [-0.2, -0.15) is 13.2 Å². The third-order valence-corrected chi connectivity index (χ3v) is 1.62. The number of thiol groups is 1. The number of nitrogens with two attached hydrogens (primary N) is 1. The van der Waals surface area contributed by atoms with Crippen LogP contribution in [0.1, 0.15) is 5.56 Å². The molecule has 1 aromatic carbocycles. The Morgan fingerprint density at radius 3 is 2.25 bits per heavy atom. The number of rotatable bonds is 0. The monoisotopic (exact) mass is 193 g/mol. The van der Waals surface area contributed by atoms with Crippen molar-refractivity contribution in [1.82, 2.24) is 0 Å². The molecule has 0 bridgehead atoms. The van der Waals surface area contributed by atoms with Crippen molar-refractivity contribution >= 4 is 18.3 Å². The molecule has 0 amide bonds. The van der Waals surface area contributed by atoms with E-state index in [-0.39, 0.29) is 5.69 Å². The number of halogens is 3. The van der Waals surface area contributed by atoms with Crippen molar-refractivity contribution in [3.8, 4) is 0 Å². The van der Waals surface area contributed by atoms with Crippen LogP contribution in [-0.2, 0) is 6.18 Å². The van der Waals surface area contributed by atoms with Crippen LogP contribution in [0.5, 0.6) is 0 Å². The number of hydrogen-bond donors (Lipinski definition) is 2. The minimum absolute atomic E-state index is 0.296. The highest BCUT2D eigenvalue weighted by atomic mass is 32.1. The molecular formula is C7H6F3NS. The van der Waals surface area contributed by atoms with Crippen LogP contribution in [0.2, 0.25) is 0 Å². The van der Waals surface area contributed by atoms with Crippen LogP contribution in [0.25, 0.3) is 0 Å². The van der Waals surface area contributed by atoms with E-state index < -0.39 is 11.7 Å². The molecule has 0 spiro atoms. The van der Waals surface area contributed by atoms with Gasteiger partial charge in [-0.1, -0.05) is 0 Å². The molecular weight excluding hydrogens is 187 g/mol. The van der Waals surface area contributed by atoms with Gasteiger partial charge in [0.15, 0.2) is 0 Å². The smallest absolute Gasteiger partial charge is 0.398 e. The molecule has 12 heavy (non-hydrogen) atoms. The Kier molecular flexibility index (Phi) is 2.23. The molecule has 0 fully saturated rings. The van der Waals surface area contributed by atoms with E-state index in [2.05, 4.69) is 12.6 Å². The first-order valence-corrected chi connectivity index (χ1v) is 3.51. The predicted octanol–water partition coefficient (Wildman–Crippen LogP) is 2.58. The quantitative estimate of drug-likeness (QED) is 0.480. The third kappa shape index (κ3) is 1.85. The van der Waals surface area contributed by atoms with Gasteiger partial charge in [-0.05, 0) is 18.2 Å². The van der Waals surface area contributed by atoms with E-state index in [1.54, 1.807) is 0 Å². The Bertz CT molecular complexity index is 295. The lowest BCUT2D eigenvalue weighted by molar-refractivity contribution is -0.136. The molecule has 0 saturated heterocycles. The molecule has 0 aromatic heterocycles. The van der Waals surface area contributed by atoms with Gasteiger partial charge >= 0.3 is 6.18 Å². The number of nitrogen functional groups attached to an aromatic ring is 1. The van der Waals surface area contributed by atoms with E-state index in [1.165, 1.54) is 12.1 Å². The summed E-state index contributed by atoms with van der Waals surface area (Å²) in [5, 5.41) is 0. The zero-order valence-corrected chi connectivity index (χ0v) is 6.78. The number of hydrogen-bond acceptors (Lipinski definition) is 2. The van der Waals surface area contributed by atoms with E-state index in [1.807, 2.05) is 0 Å². The minimum atomic E-state index is -4.38. The summed E-state index contributed by atoms with van der Waals surface area (Å²) >= 11 is 3.85. The summed E-state index contributed by atoms with van der Waals surface area (Å²) in [6.45, 7) is 0. The van der Waals surface area contributed by atoms with E-state index in [0.29, 0.717) is 4.90 Å². The van der Waals surface area contributed by atoms with Crippen LogP contribution in [0.4, 0.5) is 18.9 Å². The summed E-state index contributed by atoms with van der Waals surface area (Å²) in [4.78, 5) is 0.417. The molecule has 2 N–H and O–H groups in total. The Labute approximate surface area is 72.8 Å². The van der Waals surface area contributed by atoms with E-state index in [4.69, 9.17) is 5.73 Å². The SMILES string of the molecule is Nc1cc(S)ccc1C(F)(F)F. The van der Waals surface area contributed by atoms with Gasteiger partial charge < -0.3 is 5.73 Å². The highest BCUT2D eigenvalue weighted by Gasteiger charge is 2.32. The van der Waals surface area contributed by atoms with E-state index in [0.717, 1.165) is 6.07 Å². The standard InChI is InChI=1S/C7H6F3NS/c8-7(9,10)5-2-1-4(12)3-6(5)11/h1-3,12H,11H2. The van der Waals surface area contributed by atoms with Crippen LogP contribution >= 0.6 is 12.6 Å². The first kappa shape index (κ1) is 9.25. The molecule has 0 aliphatic carbocycles. The molecule has 0 aliphatic heterocycles. The highest BCUT2D eigenvalue weighted by Crippen LogP contribution is 2.34. The average Bonchev–Trinajstić information content (AvgIpc) is 1.83. The van der Waals surface area contributed by atoms with Crippen molar-refractivity contribution < 1.29 is 13.2 Å². The summed E-state index contributed by atoms with van der Waals surface area (Å²) in [5.41, 5.74) is 4.02. The van der Waals surface area contributed by atoms with Gasteiger partial charge in [0, 0.05) is 10.6 Å². The Morgan fingerprint density at radius 2 is 1.83 bits per heavy atom. The van der Waals surface area contributed by atoms with Crippen molar-refractivity contribution in [3.63, 3.8) is 0 Å². The first-order chi connectivity index (χ1) is 5.41. The van der Waals surface area contributed by atoms with Crippen molar-refractivity contribution in [2.24, 2.45) is 0 Å². The normalized spacial score (nSPS) is 11.7. The van der Waals surface area contributed by atoms with Gasteiger partial charge in [0.1, 0.15) is 0 Å². The third-order valence-electron chi connectivity index (χ3n) is 1.34. The maximum absolute atomic E-state index is 12.1. The van der Waals surface area contributed by atoms with Gasteiger partial charge in [-0.3, -0.25) is 0 Å². The van der Waals surface area contributed by atoms with E-state index in [9.17, 15) is 13.2 Å².